The molecule has 0 saturated carbocycles. The lowest BCUT2D eigenvalue weighted by Crippen LogP contribution is -2.43. The number of benzene rings is 1. The molecule has 0 atom stereocenters. The fraction of sp³-hybridized carbons (Fsp3) is 0.571. The molecular weight excluding hydrogens is 420 g/mol. The molecule has 3 rings (SSSR count). The van der Waals surface area contributed by atoms with Gasteiger partial charge in [0.15, 0.2) is 0 Å². The van der Waals surface area contributed by atoms with Crippen molar-refractivity contribution in [3.05, 3.63) is 29.8 Å². The molecule has 1 aromatic carbocycles. The molecule has 0 aromatic heterocycles. The highest BCUT2D eigenvalue weighted by molar-refractivity contribution is 5.92. The monoisotopic (exact) mass is 446 g/mol. The average molecular weight is 446 g/mol. The second kappa shape index (κ2) is 11.3. The molecule has 2 aliphatic rings. The minimum Gasteiger partial charge on any atom is -0.435 e. The predicted octanol–water partition coefficient (Wildman–Crippen LogP) is 3.47. The Morgan fingerprint density at radius 1 is 1.06 bits per heavy atom. The number of likely N-dealkylation sites (tertiary alicyclic amines) is 1. The van der Waals surface area contributed by atoms with E-state index in [1.54, 1.807) is 4.90 Å². The van der Waals surface area contributed by atoms with Crippen LogP contribution in [-0.4, -0.2) is 74.9 Å². The highest BCUT2D eigenvalue weighted by Crippen LogP contribution is 2.29. The number of piperidine rings is 1. The SMILES string of the molecule is O=C(/C=C/c1ccc(OC(F)F)cc1OC(F)F)N1CCC(CN2CCOCC2)CC1. The van der Waals surface area contributed by atoms with Crippen molar-refractivity contribution in [1.29, 1.82) is 0 Å². The number of nitrogens with zero attached hydrogens (tertiary/aromatic N) is 2. The molecule has 10 heteroatoms. The molecule has 0 N–H and O–H groups in total. The summed E-state index contributed by atoms with van der Waals surface area (Å²) < 4.78 is 64.0. The predicted molar refractivity (Wildman–Crippen MR) is 105 cm³/mol. The van der Waals surface area contributed by atoms with Crippen LogP contribution in [0.5, 0.6) is 11.5 Å². The molecule has 2 fully saturated rings. The van der Waals surface area contributed by atoms with Crippen molar-refractivity contribution in [3.8, 4) is 11.5 Å². The zero-order valence-corrected chi connectivity index (χ0v) is 17.0. The molecule has 1 amide bonds. The fourth-order valence-corrected chi connectivity index (χ4v) is 3.78. The van der Waals surface area contributed by atoms with E-state index < -0.39 is 13.2 Å². The van der Waals surface area contributed by atoms with Crippen LogP contribution < -0.4 is 9.47 Å². The van der Waals surface area contributed by atoms with Gasteiger partial charge in [0.05, 0.1) is 13.2 Å². The summed E-state index contributed by atoms with van der Waals surface area (Å²) in [6.45, 7) is -0.590. The van der Waals surface area contributed by atoms with E-state index in [1.165, 1.54) is 24.3 Å². The van der Waals surface area contributed by atoms with Gasteiger partial charge in [0.2, 0.25) is 5.91 Å². The number of hydrogen-bond acceptors (Lipinski definition) is 5. The zero-order chi connectivity index (χ0) is 22.2. The first-order chi connectivity index (χ1) is 14.9. The van der Waals surface area contributed by atoms with E-state index in [1.807, 2.05) is 0 Å². The van der Waals surface area contributed by atoms with E-state index in [0.29, 0.717) is 19.0 Å². The first-order valence-corrected chi connectivity index (χ1v) is 10.2. The summed E-state index contributed by atoms with van der Waals surface area (Å²) in [4.78, 5) is 16.6. The smallest absolute Gasteiger partial charge is 0.387 e. The van der Waals surface area contributed by atoms with Crippen molar-refractivity contribution in [1.82, 2.24) is 9.80 Å². The molecule has 0 radical (unpaired) electrons. The lowest BCUT2D eigenvalue weighted by molar-refractivity contribution is -0.127. The number of hydrogen-bond donors (Lipinski definition) is 0. The standard InChI is InChI=1S/C21H26F4N2O4/c22-20(23)30-17-3-1-16(18(13-17)31-21(24)25)2-4-19(28)27-7-5-15(6-8-27)14-26-9-11-29-12-10-26/h1-4,13,15,20-21H,5-12,14H2/b4-2+. The highest BCUT2D eigenvalue weighted by Gasteiger charge is 2.24. The van der Waals surface area contributed by atoms with E-state index in [4.69, 9.17) is 4.74 Å². The van der Waals surface area contributed by atoms with Gasteiger partial charge in [-0.25, -0.2) is 0 Å². The van der Waals surface area contributed by atoms with Crippen LogP contribution in [0, 0.1) is 5.92 Å². The minimum atomic E-state index is -3.14. The Labute approximate surface area is 178 Å². The number of ether oxygens (including phenoxy) is 3. The molecule has 172 valence electrons. The molecule has 1 aromatic rings. The van der Waals surface area contributed by atoms with E-state index in [-0.39, 0.29) is 23.0 Å². The summed E-state index contributed by atoms with van der Waals surface area (Å²) >= 11 is 0. The molecule has 0 aliphatic carbocycles. The van der Waals surface area contributed by atoms with Crippen LogP contribution in [0.15, 0.2) is 24.3 Å². The molecule has 6 nitrogen and oxygen atoms in total. The summed E-state index contributed by atoms with van der Waals surface area (Å²) in [6.07, 6.45) is 4.42. The van der Waals surface area contributed by atoms with Crippen LogP contribution >= 0.6 is 0 Å². The van der Waals surface area contributed by atoms with Gasteiger partial charge in [-0.05, 0) is 37.0 Å². The Morgan fingerprint density at radius 2 is 1.74 bits per heavy atom. The topological polar surface area (TPSA) is 51.2 Å². The minimum absolute atomic E-state index is 0.164. The van der Waals surface area contributed by atoms with Gasteiger partial charge in [0, 0.05) is 50.4 Å². The third-order valence-electron chi connectivity index (χ3n) is 5.38. The molecular formula is C21H26F4N2O4. The normalized spacial score (nSPS) is 18.8. The van der Waals surface area contributed by atoms with Crippen molar-refractivity contribution in [3.63, 3.8) is 0 Å². The van der Waals surface area contributed by atoms with E-state index in [0.717, 1.165) is 51.8 Å². The number of carbonyl (C=O) groups is 1. The number of morpholine rings is 1. The largest absolute Gasteiger partial charge is 0.435 e. The van der Waals surface area contributed by atoms with Crippen molar-refractivity contribution in [2.45, 2.75) is 26.1 Å². The van der Waals surface area contributed by atoms with Gasteiger partial charge in [-0.3, -0.25) is 9.69 Å². The van der Waals surface area contributed by atoms with E-state index in [2.05, 4.69) is 14.4 Å². The second-order valence-corrected chi connectivity index (χ2v) is 7.47. The summed E-state index contributed by atoms with van der Waals surface area (Å²) in [6, 6.07) is 3.43. The first-order valence-electron chi connectivity index (χ1n) is 10.2. The summed E-state index contributed by atoms with van der Waals surface area (Å²) in [7, 11) is 0. The van der Waals surface area contributed by atoms with Crippen LogP contribution in [0.3, 0.4) is 0 Å². The molecule has 0 unspecified atom stereocenters. The lowest BCUT2D eigenvalue weighted by Gasteiger charge is -2.35. The number of carbonyl (C=O) groups excluding carboxylic acids is 1. The van der Waals surface area contributed by atoms with Crippen molar-refractivity contribution in [2.24, 2.45) is 5.92 Å². The quantitative estimate of drug-likeness (QED) is 0.452. The van der Waals surface area contributed by atoms with Gasteiger partial charge in [-0.1, -0.05) is 0 Å². The molecule has 2 aliphatic heterocycles. The van der Waals surface area contributed by atoms with Gasteiger partial charge in [-0.15, -0.1) is 0 Å². The maximum atomic E-state index is 12.7. The Morgan fingerprint density at radius 3 is 2.39 bits per heavy atom. The molecule has 0 spiro atoms. The molecule has 31 heavy (non-hydrogen) atoms. The van der Waals surface area contributed by atoms with Crippen LogP contribution in [0.2, 0.25) is 0 Å². The summed E-state index contributed by atoms with van der Waals surface area (Å²) in [5.41, 5.74) is 0.164. The maximum Gasteiger partial charge on any atom is 0.387 e. The van der Waals surface area contributed by atoms with Crippen LogP contribution in [-0.2, 0) is 9.53 Å². The molecule has 2 heterocycles. The third kappa shape index (κ3) is 7.39. The van der Waals surface area contributed by atoms with E-state index in [9.17, 15) is 22.4 Å². The number of alkyl halides is 4. The molecule has 2 saturated heterocycles. The Kier molecular flexibility index (Phi) is 8.53. The number of amides is 1. The van der Waals surface area contributed by atoms with Gasteiger partial charge >= 0.3 is 13.2 Å². The highest BCUT2D eigenvalue weighted by atomic mass is 19.3. The summed E-state index contributed by atoms with van der Waals surface area (Å²) in [5.74, 6) is -0.363. The van der Waals surface area contributed by atoms with Crippen molar-refractivity contribution < 1.29 is 36.6 Å². The third-order valence-corrected chi connectivity index (χ3v) is 5.38. The lowest BCUT2D eigenvalue weighted by atomic mass is 9.96. The maximum absolute atomic E-state index is 12.7. The van der Waals surface area contributed by atoms with E-state index >= 15 is 0 Å². The second-order valence-electron chi connectivity index (χ2n) is 7.47. The summed E-state index contributed by atoms with van der Waals surface area (Å²) in [5, 5.41) is 0. The van der Waals surface area contributed by atoms with Gasteiger partial charge in [0.25, 0.3) is 0 Å². The van der Waals surface area contributed by atoms with Gasteiger partial charge < -0.3 is 19.1 Å². The van der Waals surface area contributed by atoms with Crippen LogP contribution in [0.4, 0.5) is 17.6 Å². The van der Waals surface area contributed by atoms with Crippen LogP contribution in [0.25, 0.3) is 6.08 Å². The van der Waals surface area contributed by atoms with Crippen LogP contribution in [0.1, 0.15) is 18.4 Å². The molecule has 0 bridgehead atoms. The Hall–Kier alpha value is -2.33. The Balaban J connectivity index is 1.55. The number of rotatable bonds is 8. The Bertz CT molecular complexity index is 749. The number of halogens is 4. The average Bonchev–Trinajstić information content (AvgIpc) is 2.73. The van der Waals surface area contributed by atoms with Gasteiger partial charge in [-0.2, -0.15) is 17.6 Å². The van der Waals surface area contributed by atoms with Gasteiger partial charge in [0.1, 0.15) is 11.5 Å². The van der Waals surface area contributed by atoms with Crippen molar-refractivity contribution in [2.75, 3.05) is 45.9 Å². The fourth-order valence-electron chi connectivity index (χ4n) is 3.78. The first kappa shape index (κ1) is 23.3. The van der Waals surface area contributed by atoms with Crippen molar-refractivity contribution >= 4 is 12.0 Å². The zero-order valence-electron chi connectivity index (χ0n) is 17.0.